The molecular weight excluding hydrogens is 176 g/mol. The first-order valence-corrected chi connectivity index (χ1v) is 4.73. The van der Waals surface area contributed by atoms with E-state index < -0.39 is 0 Å². The number of aliphatic imine (C=N–C) groups is 2. The Hall–Kier alpha value is -1.58. The normalized spacial score (nSPS) is 22.4. The van der Waals surface area contributed by atoms with Gasteiger partial charge in [-0.1, -0.05) is 0 Å². The highest BCUT2D eigenvalue weighted by molar-refractivity contribution is 6.23. The Morgan fingerprint density at radius 1 is 0.929 bits per heavy atom. The Kier molecular flexibility index (Phi) is 3.45. The van der Waals surface area contributed by atoms with Crippen LogP contribution < -0.4 is 11.5 Å². The highest BCUT2D eigenvalue weighted by Crippen LogP contribution is 2.07. The van der Waals surface area contributed by atoms with Crippen molar-refractivity contribution in [3.8, 4) is 0 Å². The molecule has 0 aliphatic heterocycles. The maximum atomic E-state index is 5.80. The number of rotatable bonds is 2. The van der Waals surface area contributed by atoms with E-state index >= 15 is 0 Å². The van der Waals surface area contributed by atoms with E-state index in [0.717, 1.165) is 11.4 Å². The Balaban J connectivity index is 3.01. The molecule has 76 valence electrons. The fraction of sp³-hybridized carbons (Fsp3) is 0.400. The summed E-state index contributed by atoms with van der Waals surface area (Å²) in [6.45, 7) is 5.32. The molecule has 0 aromatic rings. The summed E-state index contributed by atoms with van der Waals surface area (Å²) >= 11 is 0. The van der Waals surface area contributed by atoms with Crippen molar-refractivity contribution in [2.24, 2.45) is 21.5 Å². The van der Waals surface area contributed by atoms with Crippen LogP contribution in [0.2, 0.25) is 0 Å². The number of allylic oxidation sites excluding steroid dienone is 2. The number of hydrogen-bond acceptors (Lipinski definition) is 4. The molecule has 4 heteroatoms. The molecule has 0 heterocycles. The van der Waals surface area contributed by atoms with E-state index in [1.54, 1.807) is 12.2 Å². The Morgan fingerprint density at radius 2 is 1.29 bits per heavy atom. The minimum absolute atomic E-state index is 0.633. The maximum absolute atomic E-state index is 5.80. The van der Waals surface area contributed by atoms with E-state index in [9.17, 15) is 0 Å². The van der Waals surface area contributed by atoms with Gasteiger partial charge in [0, 0.05) is 13.1 Å². The number of nitrogens with zero attached hydrogens (tertiary/aromatic N) is 2. The molecule has 0 aromatic heterocycles. The maximum Gasteiger partial charge on any atom is 0.0825 e. The third-order valence-electron chi connectivity index (χ3n) is 1.83. The monoisotopic (exact) mass is 192 g/mol. The van der Waals surface area contributed by atoms with Crippen LogP contribution in [0.5, 0.6) is 0 Å². The standard InChI is InChI=1S/C10H16N4/c1-3-13-9-5-8(12)10(14-4-2)6-7(9)11/h5-6H,3-4,11-12H2,1-2H3. The van der Waals surface area contributed by atoms with Gasteiger partial charge < -0.3 is 11.5 Å². The van der Waals surface area contributed by atoms with Crippen LogP contribution in [0, 0.1) is 0 Å². The molecule has 0 radical (unpaired) electrons. The van der Waals surface area contributed by atoms with Gasteiger partial charge in [-0.15, -0.1) is 0 Å². The van der Waals surface area contributed by atoms with Crippen molar-refractivity contribution in [2.45, 2.75) is 13.8 Å². The lowest BCUT2D eigenvalue weighted by Crippen LogP contribution is -2.23. The van der Waals surface area contributed by atoms with Gasteiger partial charge in [-0.25, -0.2) is 0 Å². The summed E-state index contributed by atoms with van der Waals surface area (Å²) in [7, 11) is 0. The van der Waals surface area contributed by atoms with Crippen LogP contribution in [0.3, 0.4) is 0 Å². The van der Waals surface area contributed by atoms with E-state index in [-0.39, 0.29) is 0 Å². The zero-order valence-corrected chi connectivity index (χ0v) is 8.62. The third kappa shape index (κ3) is 2.22. The SMILES string of the molecule is CCN=C1C=C(N)C(=NCC)C=C1N. The Labute approximate surface area is 84.1 Å². The Bertz CT molecular complexity index is 300. The smallest absolute Gasteiger partial charge is 0.0825 e. The summed E-state index contributed by atoms with van der Waals surface area (Å²) in [5, 5.41) is 0. The van der Waals surface area contributed by atoms with Crippen LogP contribution in [0.15, 0.2) is 33.5 Å². The van der Waals surface area contributed by atoms with Crippen molar-refractivity contribution in [1.82, 2.24) is 0 Å². The molecule has 1 aliphatic rings. The molecule has 14 heavy (non-hydrogen) atoms. The van der Waals surface area contributed by atoms with Gasteiger partial charge in [-0.2, -0.15) is 0 Å². The van der Waals surface area contributed by atoms with Gasteiger partial charge in [0.1, 0.15) is 0 Å². The molecule has 1 aliphatic carbocycles. The van der Waals surface area contributed by atoms with Gasteiger partial charge in [-0.3, -0.25) is 9.98 Å². The van der Waals surface area contributed by atoms with Crippen LogP contribution in [0.25, 0.3) is 0 Å². The average Bonchev–Trinajstić information content (AvgIpc) is 2.14. The molecule has 4 nitrogen and oxygen atoms in total. The van der Waals surface area contributed by atoms with Crippen molar-refractivity contribution in [1.29, 1.82) is 0 Å². The predicted molar refractivity (Wildman–Crippen MR) is 60.5 cm³/mol. The Morgan fingerprint density at radius 3 is 1.57 bits per heavy atom. The van der Waals surface area contributed by atoms with E-state index in [1.165, 1.54) is 0 Å². The van der Waals surface area contributed by atoms with E-state index in [1.807, 2.05) is 13.8 Å². The minimum atomic E-state index is 0.633. The second kappa shape index (κ2) is 4.60. The summed E-state index contributed by atoms with van der Waals surface area (Å²) in [6.07, 6.45) is 3.54. The van der Waals surface area contributed by atoms with E-state index in [2.05, 4.69) is 9.98 Å². The lowest BCUT2D eigenvalue weighted by Gasteiger charge is -2.11. The fourth-order valence-electron chi connectivity index (χ4n) is 1.22. The van der Waals surface area contributed by atoms with Gasteiger partial charge in [0.25, 0.3) is 0 Å². The van der Waals surface area contributed by atoms with Gasteiger partial charge in [0.15, 0.2) is 0 Å². The van der Waals surface area contributed by atoms with E-state index in [4.69, 9.17) is 11.5 Å². The van der Waals surface area contributed by atoms with Crippen LogP contribution in [0.4, 0.5) is 0 Å². The first kappa shape index (κ1) is 10.5. The number of nitrogens with two attached hydrogens (primary N) is 2. The van der Waals surface area contributed by atoms with Crippen LogP contribution in [0.1, 0.15) is 13.8 Å². The zero-order chi connectivity index (χ0) is 10.6. The summed E-state index contributed by atoms with van der Waals surface area (Å²) in [4.78, 5) is 8.44. The molecule has 0 fully saturated rings. The fourth-order valence-corrected chi connectivity index (χ4v) is 1.22. The summed E-state index contributed by atoms with van der Waals surface area (Å²) in [5.74, 6) is 0. The second-order valence-electron chi connectivity index (χ2n) is 2.92. The second-order valence-corrected chi connectivity index (χ2v) is 2.92. The highest BCUT2D eigenvalue weighted by Gasteiger charge is 2.11. The van der Waals surface area contributed by atoms with Crippen LogP contribution in [-0.2, 0) is 0 Å². The van der Waals surface area contributed by atoms with Crippen molar-refractivity contribution < 1.29 is 0 Å². The molecule has 0 saturated carbocycles. The molecule has 0 unspecified atom stereocenters. The molecule has 0 amide bonds. The largest absolute Gasteiger partial charge is 0.397 e. The minimum Gasteiger partial charge on any atom is -0.397 e. The predicted octanol–water partition coefficient (Wildman–Crippen LogP) is 0.607. The van der Waals surface area contributed by atoms with Gasteiger partial charge in [0.2, 0.25) is 0 Å². The zero-order valence-electron chi connectivity index (χ0n) is 8.62. The molecular formula is C10H16N4. The van der Waals surface area contributed by atoms with Gasteiger partial charge in [0.05, 0.1) is 22.8 Å². The van der Waals surface area contributed by atoms with Crippen molar-refractivity contribution in [2.75, 3.05) is 13.1 Å². The van der Waals surface area contributed by atoms with Crippen LogP contribution >= 0.6 is 0 Å². The summed E-state index contributed by atoms with van der Waals surface area (Å²) < 4.78 is 0. The van der Waals surface area contributed by atoms with Crippen LogP contribution in [-0.4, -0.2) is 24.5 Å². The molecule has 0 atom stereocenters. The molecule has 4 N–H and O–H groups in total. The third-order valence-corrected chi connectivity index (χ3v) is 1.83. The molecule has 1 rings (SSSR count). The lowest BCUT2D eigenvalue weighted by atomic mass is 10.1. The summed E-state index contributed by atoms with van der Waals surface area (Å²) in [6, 6.07) is 0. The number of hydrogen-bond donors (Lipinski definition) is 2. The summed E-state index contributed by atoms with van der Waals surface area (Å²) in [5.41, 5.74) is 14.4. The molecule has 0 saturated heterocycles. The lowest BCUT2D eigenvalue weighted by molar-refractivity contribution is 1.11. The molecule has 0 aromatic carbocycles. The van der Waals surface area contributed by atoms with E-state index in [0.29, 0.717) is 24.5 Å². The topological polar surface area (TPSA) is 76.8 Å². The van der Waals surface area contributed by atoms with Crippen molar-refractivity contribution in [3.05, 3.63) is 23.5 Å². The molecule has 0 spiro atoms. The first-order chi connectivity index (χ1) is 6.69. The van der Waals surface area contributed by atoms with Crippen molar-refractivity contribution >= 4 is 11.4 Å². The van der Waals surface area contributed by atoms with Gasteiger partial charge in [-0.05, 0) is 26.0 Å². The van der Waals surface area contributed by atoms with Gasteiger partial charge >= 0.3 is 0 Å². The van der Waals surface area contributed by atoms with Crippen molar-refractivity contribution in [3.63, 3.8) is 0 Å². The highest BCUT2D eigenvalue weighted by atomic mass is 14.8. The average molecular weight is 192 g/mol. The quantitative estimate of drug-likeness (QED) is 0.629. The first-order valence-electron chi connectivity index (χ1n) is 4.73. The molecule has 0 bridgehead atoms.